The number of halogens is 3. The fraction of sp³-hybridized carbons (Fsp3) is 0.444. The molecule has 2 rings (SSSR count). The van der Waals surface area contributed by atoms with Gasteiger partial charge in [0, 0.05) is 18.5 Å². The van der Waals surface area contributed by atoms with Gasteiger partial charge in [0.2, 0.25) is 0 Å². The van der Waals surface area contributed by atoms with Crippen molar-refractivity contribution in [3.8, 4) is 0 Å². The molecule has 0 radical (unpaired) electrons. The van der Waals surface area contributed by atoms with Crippen LogP contribution >= 0.6 is 11.3 Å². The third-order valence-electron chi connectivity index (χ3n) is 3.49. The highest BCUT2D eigenvalue weighted by atomic mass is 32.1. The number of nitrogens with zero attached hydrogens (tertiary/aromatic N) is 2. The first kappa shape index (κ1) is 22.1. The van der Waals surface area contributed by atoms with E-state index < -0.39 is 18.0 Å². The van der Waals surface area contributed by atoms with Gasteiger partial charge in [-0.1, -0.05) is 30.3 Å². The summed E-state index contributed by atoms with van der Waals surface area (Å²) in [5.74, 6) is 0.383. The Bertz CT molecular complexity index is 738. The number of hydrogen-bond acceptors (Lipinski definition) is 5. The van der Waals surface area contributed by atoms with Crippen LogP contribution in [-0.2, 0) is 24.1 Å². The van der Waals surface area contributed by atoms with Gasteiger partial charge in [-0.25, -0.2) is 9.98 Å². The minimum atomic E-state index is -4.45. The lowest BCUT2D eigenvalue weighted by Crippen LogP contribution is -2.42. The van der Waals surface area contributed by atoms with E-state index in [4.69, 9.17) is 4.74 Å². The molecule has 0 aliphatic carbocycles. The molecule has 1 aromatic carbocycles. The van der Waals surface area contributed by atoms with Crippen LogP contribution in [0.15, 0.2) is 40.7 Å². The Balaban J connectivity index is 1.77. The molecule has 0 fully saturated rings. The summed E-state index contributed by atoms with van der Waals surface area (Å²) in [7, 11) is 0. The first-order valence-corrected chi connectivity index (χ1v) is 9.60. The van der Waals surface area contributed by atoms with Gasteiger partial charge in [-0.2, -0.15) is 13.2 Å². The number of aliphatic hydroxyl groups is 1. The van der Waals surface area contributed by atoms with Crippen LogP contribution in [0, 0.1) is 0 Å². The van der Waals surface area contributed by atoms with E-state index >= 15 is 0 Å². The Labute approximate surface area is 165 Å². The van der Waals surface area contributed by atoms with Gasteiger partial charge >= 0.3 is 6.18 Å². The van der Waals surface area contributed by atoms with Crippen molar-refractivity contribution in [2.24, 2.45) is 4.99 Å². The molecule has 6 nitrogen and oxygen atoms in total. The van der Waals surface area contributed by atoms with Gasteiger partial charge in [-0.3, -0.25) is 0 Å². The van der Waals surface area contributed by atoms with E-state index in [0.29, 0.717) is 19.1 Å². The number of nitrogens with one attached hydrogen (secondary N) is 2. The summed E-state index contributed by atoms with van der Waals surface area (Å²) in [5, 5.41) is 17.2. The summed E-state index contributed by atoms with van der Waals surface area (Å²) in [5.41, 5.74) is 0.103. The highest BCUT2D eigenvalue weighted by molar-refractivity contribution is 7.09. The smallest absolute Gasteiger partial charge is 0.389 e. The third kappa shape index (κ3) is 7.83. The molecule has 0 saturated heterocycles. The fourth-order valence-electron chi connectivity index (χ4n) is 2.16. The lowest BCUT2D eigenvalue weighted by atomic mass is 10.2. The SMILES string of the molecule is CCNC(=NCc1nc(C(F)(F)F)cs1)NCC(O)COCc1ccccc1. The third-order valence-corrected chi connectivity index (χ3v) is 4.32. The van der Waals surface area contributed by atoms with E-state index in [1.807, 2.05) is 37.3 Å². The molecule has 2 aromatic rings. The molecule has 3 N–H and O–H groups in total. The predicted octanol–water partition coefficient (Wildman–Crippen LogP) is 2.79. The highest BCUT2D eigenvalue weighted by Crippen LogP contribution is 2.30. The Morgan fingerprint density at radius 1 is 1.29 bits per heavy atom. The molecule has 0 bridgehead atoms. The molecule has 1 heterocycles. The number of ether oxygens (including phenoxy) is 1. The minimum absolute atomic E-state index is 0.0106. The Morgan fingerprint density at radius 3 is 2.68 bits per heavy atom. The Kier molecular flexibility index (Phi) is 8.68. The summed E-state index contributed by atoms with van der Waals surface area (Å²) in [6.45, 7) is 3.17. The van der Waals surface area contributed by atoms with Crippen molar-refractivity contribution < 1.29 is 23.0 Å². The lowest BCUT2D eigenvalue weighted by molar-refractivity contribution is -0.140. The number of alkyl halides is 3. The van der Waals surface area contributed by atoms with Crippen molar-refractivity contribution in [2.75, 3.05) is 19.7 Å². The van der Waals surface area contributed by atoms with E-state index in [-0.39, 0.29) is 24.7 Å². The maximum Gasteiger partial charge on any atom is 0.434 e. The van der Waals surface area contributed by atoms with Gasteiger partial charge < -0.3 is 20.5 Å². The molecule has 1 unspecified atom stereocenters. The summed E-state index contributed by atoms with van der Waals surface area (Å²) in [6.07, 6.45) is -5.21. The zero-order valence-electron chi connectivity index (χ0n) is 15.4. The molecule has 0 amide bonds. The van der Waals surface area contributed by atoms with E-state index in [1.165, 1.54) is 0 Å². The van der Waals surface area contributed by atoms with Gasteiger partial charge in [0.15, 0.2) is 11.7 Å². The van der Waals surface area contributed by atoms with E-state index in [0.717, 1.165) is 22.3 Å². The number of rotatable bonds is 9. The molecular formula is C18H23F3N4O2S. The van der Waals surface area contributed by atoms with Crippen molar-refractivity contribution >= 4 is 17.3 Å². The van der Waals surface area contributed by atoms with Crippen LogP contribution in [0.4, 0.5) is 13.2 Å². The van der Waals surface area contributed by atoms with Gasteiger partial charge in [0.25, 0.3) is 0 Å². The molecule has 1 atom stereocenters. The summed E-state index contributed by atoms with van der Waals surface area (Å²) in [4.78, 5) is 7.74. The van der Waals surface area contributed by atoms with Gasteiger partial charge in [0.1, 0.15) is 5.01 Å². The highest BCUT2D eigenvalue weighted by Gasteiger charge is 2.33. The summed E-state index contributed by atoms with van der Waals surface area (Å²) in [6, 6.07) is 9.61. The quantitative estimate of drug-likeness (QED) is 0.433. The van der Waals surface area contributed by atoms with Crippen LogP contribution in [0.2, 0.25) is 0 Å². The van der Waals surface area contributed by atoms with E-state index in [9.17, 15) is 18.3 Å². The van der Waals surface area contributed by atoms with Crippen LogP contribution in [0.3, 0.4) is 0 Å². The molecular weight excluding hydrogens is 393 g/mol. The van der Waals surface area contributed by atoms with Crippen LogP contribution in [0.5, 0.6) is 0 Å². The molecule has 0 aliphatic rings. The van der Waals surface area contributed by atoms with Gasteiger partial charge in [0.05, 0.1) is 25.9 Å². The number of thiazole rings is 1. The molecule has 154 valence electrons. The fourth-order valence-corrected chi connectivity index (χ4v) is 2.89. The van der Waals surface area contributed by atoms with Gasteiger partial charge in [-0.15, -0.1) is 11.3 Å². The van der Waals surface area contributed by atoms with Crippen molar-refractivity contribution in [1.82, 2.24) is 15.6 Å². The van der Waals surface area contributed by atoms with E-state index in [2.05, 4.69) is 20.6 Å². The molecule has 0 spiro atoms. The second-order valence-corrected chi connectivity index (χ2v) is 6.80. The first-order chi connectivity index (χ1) is 13.4. The Hall–Kier alpha value is -2.17. The average molecular weight is 416 g/mol. The van der Waals surface area contributed by atoms with Crippen LogP contribution in [0.1, 0.15) is 23.2 Å². The van der Waals surface area contributed by atoms with Crippen LogP contribution in [0.25, 0.3) is 0 Å². The predicted molar refractivity (Wildman–Crippen MR) is 102 cm³/mol. The number of benzene rings is 1. The maximum absolute atomic E-state index is 12.6. The van der Waals surface area contributed by atoms with Crippen LogP contribution < -0.4 is 10.6 Å². The number of guanidine groups is 1. The van der Waals surface area contributed by atoms with Crippen LogP contribution in [-0.4, -0.2) is 41.9 Å². The first-order valence-electron chi connectivity index (χ1n) is 8.72. The largest absolute Gasteiger partial charge is 0.434 e. The van der Waals surface area contributed by atoms with E-state index in [1.54, 1.807) is 0 Å². The zero-order valence-corrected chi connectivity index (χ0v) is 16.2. The number of aromatic nitrogens is 1. The number of hydrogen-bond donors (Lipinski definition) is 3. The minimum Gasteiger partial charge on any atom is -0.389 e. The number of aliphatic hydroxyl groups excluding tert-OH is 1. The number of aliphatic imine (C=N–C) groups is 1. The molecule has 28 heavy (non-hydrogen) atoms. The zero-order chi connectivity index (χ0) is 20.4. The maximum atomic E-state index is 12.6. The van der Waals surface area contributed by atoms with Crippen molar-refractivity contribution in [3.63, 3.8) is 0 Å². The topological polar surface area (TPSA) is 78.8 Å². The molecule has 10 heteroatoms. The molecule has 1 aromatic heterocycles. The monoisotopic (exact) mass is 416 g/mol. The summed E-state index contributed by atoms with van der Waals surface area (Å²) >= 11 is 0.907. The average Bonchev–Trinajstić information content (AvgIpc) is 3.14. The van der Waals surface area contributed by atoms with Crippen molar-refractivity contribution in [3.05, 3.63) is 52.0 Å². The standard InChI is InChI=1S/C18H23F3N4O2S/c1-2-22-17(24-9-16-25-15(12-28-16)18(19,20)21)23-8-14(26)11-27-10-13-6-4-3-5-7-13/h3-7,12,14,26H,2,8-11H2,1H3,(H2,22,23,24). The molecule has 0 aliphatic heterocycles. The van der Waals surface area contributed by atoms with Crippen molar-refractivity contribution in [2.45, 2.75) is 32.4 Å². The lowest BCUT2D eigenvalue weighted by Gasteiger charge is -2.15. The van der Waals surface area contributed by atoms with Crippen molar-refractivity contribution in [1.29, 1.82) is 0 Å². The second kappa shape index (κ2) is 11.0. The van der Waals surface area contributed by atoms with Gasteiger partial charge in [-0.05, 0) is 12.5 Å². The Morgan fingerprint density at radius 2 is 2.04 bits per heavy atom. The second-order valence-electron chi connectivity index (χ2n) is 5.85. The summed E-state index contributed by atoms with van der Waals surface area (Å²) < 4.78 is 43.2. The normalized spacial score (nSPS) is 13.4. The molecule has 0 saturated carbocycles.